The molecule has 0 aliphatic rings. The van der Waals surface area contributed by atoms with Gasteiger partial charge in [0.1, 0.15) is 0 Å². The molecule has 90 valence electrons. The van der Waals surface area contributed by atoms with Crippen LogP contribution in [0.25, 0.3) is 0 Å². The van der Waals surface area contributed by atoms with Crippen LogP contribution in [-0.2, 0) is 4.74 Å². The molecule has 0 aliphatic heterocycles. The third-order valence-corrected chi connectivity index (χ3v) is 2.27. The maximum Gasteiger partial charge on any atom is 0.0646 e. The Balaban J connectivity index is 2.37. The van der Waals surface area contributed by atoms with E-state index in [2.05, 4.69) is 5.32 Å². The van der Waals surface area contributed by atoms with E-state index in [0.29, 0.717) is 16.7 Å². The number of halogens is 2. The van der Waals surface area contributed by atoms with Crippen molar-refractivity contribution >= 4 is 28.9 Å². The maximum atomic E-state index is 5.88. The molecule has 1 N–H and O–H groups in total. The van der Waals surface area contributed by atoms with Crippen LogP contribution in [0.5, 0.6) is 0 Å². The van der Waals surface area contributed by atoms with Gasteiger partial charge in [-0.1, -0.05) is 23.2 Å². The highest BCUT2D eigenvalue weighted by Crippen LogP contribution is 2.22. The number of anilines is 1. The number of rotatable bonds is 4. The molecule has 0 bridgehead atoms. The molecule has 0 unspecified atom stereocenters. The highest BCUT2D eigenvalue weighted by Gasteiger charge is 2.08. The quantitative estimate of drug-likeness (QED) is 0.820. The summed E-state index contributed by atoms with van der Waals surface area (Å²) in [5.74, 6) is 0. The van der Waals surface area contributed by atoms with Gasteiger partial charge >= 0.3 is 0 Å². The molecule has 2 nitrogen and oxygen atoms in total. The number of ether oxygens (including phenoxy) is 1. The van der Waals surface area contributed by atoms with Gasteiger partial charge in [0.05, 0.1) is 12.2 Å². The third kappa shape index (κ3) is 5.59. The van der Waals surface area contributed by atoms with E-state index in [0.717, 1.165) is 12.2 Å². The lowest BCUT2D eigenvalue weighted by molar-refractivity contribution is 0.00333. The van der Waals surface area contributed by atoms with Gasteiger partial charge in [-0.2, -0.15) is 0 Å². The van der Waals surface area contributed by atoms with Crippen molar-refractivity contribution in [3.8, 4) is 0 Å². The van der Waals surface area contributed by atoms with E-state index in [1.54, 1.807) is 6.07 Å². The molecule has 0 radical (unpaired) electrons. The summed E-state index contributed by atoms with van der Waals surface area (Å²) in [5, 5.41) is 4.47. The zero-order chi connectivity index (χ0) is 12.2. The van der Waals surface area contributed by atoms with Crippen molar-refractivity contribution in [2.45, 2.75) is 26.4 Å². The zero-order valence-electron chi connectivity index (χ0n) is 9.81. The summed E-state index contributed by atoms with van der Waals surface area (Å²) in [5.41, 5.74) is 0.809. The minimum absolute atomic E-state index is 0.104. The molecule has 0 fully saturated rings. The molecule has 0 atom stereocenters. The van der Waals surface area contributed by atoms with Crippen molar-refractivity contribution in [1.82, 2.24) is 0 Å². The number of benzene rings is 1. The van der Waals surface area contributed by atoms with Crippen LogP contribution in [-0.4, -0.2) is 18.8 Å². The molecule has 0 aliphatic carbocycles. The maximum absolute atomic E-state index is 5.88. The van der Waals surface area contributed by atoms with Gasteiger partial charge < -0.3 is 10.1 Å². The van der Waals surface area contributed by atoms with Crippen molar-refractivity contribution in [3.05, 3.63) is 28.2 Å². The van der Waals surface area contributed by atoms with Gasteiger partial charge in [0.25, 0.3) is 0 Å². The molecular formula is C12H17Cl2NO. The van der Waals surface area contributed by atoms with Crippen LogP contribution in [0.2, 0.25) is 10.0 Å². The standard InChI is InChI=1S/C12H17Cl2NO/c1-12(2,3)16-5-4-15-11-7-9(13)6-10(14)8-11/h6-8,15H,4-5H2,1-3H3. The fraction of sp³-hybridized carbons (Fsp3) is 0.500. The second kappa shape index (κ2) is 5.76. The molecule has 16 heavy (non-hydrogen) atoms. The lowest BCUT2D eigenvalue weighted by atomic mass is 10.2. The predicted octanol–water partition coefficient (Wildman–Crippen LogP) is 4.22. The summed E-state index contributed by atoms with van der Waals surface area (Å²) in [7, 11) is 0. The highest BCUT2D eigenvalue weighted by molar-refractivity contribution is 6.35. The molecule has 4 heteroatoms. The predicted molar refractivity (Wildman–Crippen MR) is 70.7 cm³/mol. The molecule has 1 aromatic carbocycles. The van der Waals surface area contributed by atoms with Gasteiger partial charge in [-0.3, -0.25) is 0 Å². The minimum Gasteiger partial charge on any atom is -0.383 e. The van der Waals surface area contributed by atoms with Gasteiger partial charge in [-0.25, -0.2) is 0 Å². The van der Waals surface area contributed by atoms with Crippen LogP contribution in [0.15, 0.2) is 18.2 Å². The minimum atomic E-state index is -0.104. The Morgan fingerprint density at radius 1 is 1.12 bits per heavy atom. The number of hydrogen-bond donors (Lipinski definition) is 1. The van der Waals surface area contributed by atoms with Crippen molar-refractivity contribution in [3.63, 3.8) is 0 Å². The van der Waals surface area contributed by atoms with Crippen LogP contribution in [0.1, 0.15) is 20.8 Å². The lowest BCUT2D eigenvalue weighted by Gasteiger charge is -2.19. The molecule has 0 aromatic heterocycles. The van der Waals surface area contributed by atoms with Crippen LogP contribution >= 0.6 is 23.2 Å². The van der Waals surface area contributed by atoms with E-state index in [-0.39, 0.29) is 5.60 Å². The Hall–Kier alpha value is -0.440. The number of hydrogen-bond acceptors (Lipinski definition) is 2. The first kappa shape index (κ1) is 13.6. The Kier molecular flexibility index (Phi) is 4.90. The molecule has 1 rings (SSSR count). The number of nitrogens with one attached hydrogen (secondary N) is 1. The lowest BCUT2D eigenvalue weighted by Crippen LogP contribution is -2.23. The first-order valence-electron chi connectivity index (χ1n) is 5.21. The van der Waals surface area contributed by atoms with Crippen molar-refractivity contribution in [2.75, 3.05) is 18.5 Å². The fourth-order valence-corrected chi connectivity index (χ4v) is 1.73. The molecule has 0 heterocycles. The van der Waals surface area contributed by atoms with Gasteiger partial charge in [0.15, 0.2) is 0 Å². The second-order valence-electron chi connectivity index (χ2n) is 4.55. The van der Waals surface area contributed by atoms with Gasteiger partial charge in [0.2, 0.25) is 0 Å². The topological polar surface area (TPSA) is 21.3 Å². The van der Waals surface area contributed by atoms with E-state index in [4.69, 9.17) is 27.9 Å². The normalized spacial score (nSPS) is 11.6. The average Bonchev–Trinajstić information content (AvgIpc) is 2.09. The Bertz CT molecular complexity index is 327. The highest BCUT2D eigenvalue weighted by atomic mass is 35.5. The smallest absolute Gasteiger partial charge is 0.0646 e. The van der Waals surface area contributed by atoms with Crippen LogP contribution in [0.3, 0.4) is 0 Å². The van der Waals surface area contributed by atoms with Crippen LogP contribution in [0.4, 0.5) is 5.69 Å². The largest absolute Gasteiger partial charge is 0.383 e. The summed E-state index contributed by atoms with van der Waals surface area (Å²) in [6.45, 7) is 7.47. The monoisotopic (exact) mass is 261 g/mol. The van der Waals surface area contributed by atoms with Crippen LogP contribution < -0.4 is 5.32 Å². The Labute approximate surface area is 107 Å². The molecule has 0 saturated heterocycles. The van der Waals surface area contributed by atoms with Crippen molar-refractivity contribution < 1.29 is 4.74 Å². The van der Waals surface area contributed by atoms with Crippen molar-refractivity contribution in [1.29, 1.82) is 0 Å². The second-order valence-corrected chi connectivity index (χ2v) is 5.42. The summed E-state index contributed by atoms with van der Waals surface area (Å²) < 4.78 is 5.58. The molecule has 1 aromatic rings. The zero-order valence-corrected chi connectivity index (χ0v) is 11.3. The summed E-state index contributed by atoms with van der Waals surface area (Å²) in [6.07, 6.45) is 0. The molecule has 0 amide bonds. The first-order valence-corrected chi connectivity index (χ1v) is 5.96. The van der Waals surface area contributed by atoms with Gasteiger partial charge in [-0.05, 0) is 39.0 Å². The summed E-state index contributed by atoms with van der Waals surface area (Å²) >= 11 is 11.8. The average molecular weight is 262 g/mol. The molecular weight excluding hydrogens is 245 g/mol. The summed E-state index contributed by atoms with van der Waals surface area (Å²) in [4.78, 5) is 0. The first-order chi connectivity index (χ1) is 7.37. The SMILES string of the molecule is CC(C)(C)OCCNc1cc(Cl)cc(Cl)c1. The third-order valence-electron chi connectivity index (χ3n) is 1.83. The Morgan fingerprint density at radius 3 is 2.19 bits per heavy atom. The van der Waals surface area contributed by atoms with E-state index in [1.807, 2.05) is 32.9 Å². The molecule has 0 spiro atoms. The van der Waals surface area contributed by atoms with Gasteiger partial charge in [-0.15, -0.1) is 0 Å². The van der Waals surface area contributed by atoms with Crippen LogP contribution in [0, 0.1) is 0 Å². The van der Waals surface area contributed by atoms with E-state index in [9.17, 15) is 0 Å². The van der Waals surface area contributed by atoms with E-state index in [1.165, 1.54) is 0 Å². The molecule has 0 saturated carbocycles. The summed E-state index contributed by atoms with van der Waals surface area (Å²) in [6, 6.07) is 5.38. The van der Waals surface area contributed by atoms with E-state index >= 15 is 0 Å². The Morgan fingerprint density at radius 2 is 1.69 bits per heavy atom. The van der Waals surface area contributed by atoms with Gasteiger partial charge in [0, 0.05) is 22.3 Å². The fourth-order valence-electron chi connectivity index (χ4n) is 1.21. The van der Waals surface area contributed by atoms with Crippen molar-refractivity contribution in [2.24, 2.45) is 0 Å². The van der Waals surface area contributed by atoms with E-state index < -0.39 is 0 Å².